The molecule has 0 aliphatic heterocycles. The summed E-state index contributed by atoms with van der Waals surface area (Å²) in [6, 6.07) is 0. The minimum absolute atomic E-state index is 0.103. The van der Waals surface area contributed by atoms with Crippen LogP contribution in [0.3, 0.4) is 0 Å². The lowest BCUT2D eigenvalue weighted by Crippen LogP contribution is -2.49. The fraction of sp³-hybridized carbons (Fsp3) is 0.900. The molecule has 0 aromatic carbocycles. The topological polar surface area (TPSA) is 26.3 Å². The number of esters is 1. The van der Waals surface area contributed by atoms with E-state index in [0.29, 0.717) is 16.7 Å². The van der Waals surface area contributed by atoms with Gasteiger partial charge < -0.3 is 4.74 Å². The quantitative estimate of drug-likeness (QED) is 0.306. The van der Waals surface area contributed by atoms with E-state index >= 15 is 0 Å². The van der Waals surface area contributed by atoms with Crippen LogP contribution in [0.4, 0.5) is 0 Å². The first-order valence-electron chi connectivity index (χ1n) is 13.9. The number of ether oxygens (including phenoxy) is 1. The third-order valence-electron chi connectivity index (χ3n) is 11.3. The van der Waals surface area contributed by atoms with Gasteiger partial charge in [0.25, 0.3) is 0 Å². The van der Waals surface area contributed by atoms with Crippen molar-refractivity contribution in [1.82, 2.24) is 0 Å². The Hall–Kier alpha value is -0.790. The molecule has 0 saturated heterocycles. The second kappa shape index (κ2) is 9.10. The third kappa shape index (κ3) is 4.22. The molecule has 32 heavy (non-hydrogen) atoms. The van der Waals surface area contributed by atoms with Gasteiger partial charge in [-0.25, -0.2) is 0 Å². The molecule has 0 radical (unpaired) electrons. The highest BCUT2D eigenvalue weighted by atomic mass is 16.5. The van der Waals surface area contributed by atoms with E-state index in [-0.39, 0.29) is 12.1 Å². The molecule has 0 amide bonds. The van der Waals surface area contributed by atoms with Crippen molar-refractivity contribution in [2.75, 3.05) is 0 Å². The molecule has 0 bridgehead atoms. The highest BCUT2D eigenvalue weighted by molar-refractivity contribution is 5.66. The zero-order chi connectivity index (χ0) is 23.3. The van der Waals surface area contributed by atoms with Crippen molar-refractivity contribution in [2.45, 2.75) is 119 Å². The molecule has 6 unspecified atom stereocenters. The smallest absolute Gasteiger partial charge is 0.302 e. The van der Waals surface area contributed by atoms with Crippen LogP contribution in [0, 0.1) is 52.3 Å². The number of allylic oxidation sites excluding steroid dienone is 2. The Morgan fingerprint density at radius 2 is 1.81 bits per heavy atom. The maximum Gasteiger partial charge on any atom is 0.302 e. The molecule has 3 saturated carbocycles. The van der Waals surface area contributed by atoms with E-state index in [0.717, 1.165) is 48.3 Å². The Morgan fingerprint density at radius 1 is 1.06 bits per heavy atom. The van der Waals surface area contributed by atoms with Crippen molar-refractivity contribution < 1.29 is 9.53 Å². The Balaban J connectivity index is 1.48. The highest BCUT2D eigenvalue weighted by Gasteiger charge is 2.57. The van der Waals surface area contributed by atoms with Gasteiger partial charge in [-0.2, -0.15) is 0 Å². The monoisotopic (exact) mass is 442 g/mol. The molecular weight excluding hydrogens is 392 g/mol. The summed E-state index contributed by atoms with van der Waals surface area (Å²) in [5, 5.41) is 0. The molecule has 2 heteroatoms. The molecule has 4 rings (SSSR count). The summed E-state index contributed by atoms with van der Waals surface area (Å²) in [5.41, 5.74) is 2.67. The normalized spacial score (nSPS) is 43.0. The molecule has 0 heterocycles. The fourth-order valence-electron chi connectivity index (χ4n) is 8.86. The van der Waals surface area contributed by atoms with Crippen LogP contribution in [0.2, 0.25) is 0 Å². The molecule has 4 aliphatic rings. The molecule has 0 aromatic heterocycles. The van der Waals surface area contributed by atoms with Crippen molar-refractivity contribution in [3.05, 3.63) is 11.6 Å². The van der Waals surface area contributed by atoms with Gasteiger partial charge >= 0.3 is 5.97 Å². The van der Waals surface area contributed by atoms with Gasteiger partial charge in [0.05, 0.1) is 0 Å². The Morgan fingerprint density at radius 3 is 2.50 bits per heavy atom. The van der Waals surface area contributed by atoms with Crippen LogP contribution in [0.15, 0.2) is 11.6 Å². The molecule has 9 atom stereocenters. The lowest BCUT2D eigenvalue weighted by molar-refractivity contribution is -0.151. The Bertz CT molecular complexity index is 722. The second-order valence-corrected chi connectivity index (χ2v) is 13.2. The summed E-state index contributed by atoms with van der Waals surface area (Å²) in [6.07, 6.45) is 15.9. The number of rotatable bonds is 6. The van der Waals surface area contributed by atoms with E-state index in [1.807, 2.05) is 5.57 Å². The van der Waals surface area contributed by atoms with Crippen molar-refractivity contribution in [2.24, 2.45) is 52.3 Å². The van der Waals surface area contributed by atoms with E-state index < -0.39 is 0 Å². The largest absolute Gasteiger partial charge is 0.463 e. The standard InChI is InChI=1S/C30H50O2/c1-19(2)20(3)8-9-21(4)26-12-13-27-25-11-10-23-18-24(32-22(5)31)14-16-29(23,6)28(25)15-17-30(26,27)7/h15,19-21,23-27H,8-14,16-18H2,1-7H3/t20-,21+,23-,24?,25?,26?,27?,29?,30?/m0/s1. The number of carbonyl (C=O) groups excluding carboxylic acids is 1. The van der Waals surface area contributed by atoms with E-state index in [4.69, 9.17) is 4.74 Å². The minimum Gasteiger partial charge on any atom is -0.463 e. The Labute approximate surface area is 198 Å². The van der Waals surface area contributed by atoms with E-state index in [2.05, 4.69) is 47.6 Å². The van der Waals surface area contributed by atoms with Crippen LogP contribution in [-0.2, 0) is 9.53 Å². The van der Waals surface area contributed by atoms with Crippen LogP contribution in [-0.4, -0.2) is 12.1 Å². The molecule has 182 valence electrons. The summed E-state index contributed by atoms with van der Waals surface area (Å²) in [4.78, 5) is 11.5. The van der Waals surface area contributed by atoms with Crippen molar-refractivity contribution in [3.63, 3.8) is 0 Å². The fourth-order valence-corrected chi connectivity index (χ4v) is 8.86. The molecule has 2 nitrogen and oxygen atoms in total. The summed E-state index contributed by atoms with van der Waals surface area (Å²) in [6.45, 7) is 16.6. The molecule has 0 aromatic rings. The van der Waals surface area contributed by atoms with E-state index in [1.54, 1.807) is 6.92 Å². The summed E-state index contributed by atoms with van der Waals surface area (Å²) < 4.78 is 5.64. The predicted molar refractivity (Wildman–Crippen MR) is 133 cm³/mol. The van der Waals surface area contributed by atoms with Gasteiger partial charge in [0.2, 0.25) is 0 Å². The SMILES string of the molecule is CC(=O)OC1CCC2(C)C3=CCC4(C)C(CCC4[C@H](C)CC[C@H](C)C(C)C)C3CC[C@H]2C1. The zero-order valence-electron chi connectivity index (χ0n) is 22.1. The highest BCUT2D eigenvalue weighted by Crippen LogP contribution is 2.66. The van der Waals surface area contributed by atoms with Gasteiger partial charge in [0.1, 0.15) is 6.10 Å². The number of carbonyl (C=O) groups is 1. The summed E-state index contributed by atoms with van der Waals surface area (Å²) >= 11 is 0. The number of hydrogen-bond donors (Lipinski definition) is 0. The molecule has 3 fully saturated rings. The average molecular weight is 443 g/mol. The van der Waals surface area contributed by atoms with Crippen LogP contribution in [0.25, 0.3) is 0 Å². The van der Waals surface area contributed by atoms with Crippen molar-refractivity contribution in [3.8, 4) is 0 Å². The predicted octanol–water partition coefficient (Wildman–Crippen LogP) is 8.21. The Kier molecular flexibility index (Phi) is 6.92. The zero-order valence-corrected chi connectivity index (χ0v) is 22.1. The minimum atomic E-state index is -0.103. The number of hydrogen-bond acceptors (Lipinski definition) is 2. The molecule has 0 spiro atoms. The van der Waals surface area contributed by atoms with Crippen LogP contribution in [0.1, 0.15) is 113 Å². The first-order valence-corrected chi connectivity index (χ1v) is 13.9. The summed E-state index contributed by atoms with van der Waals surface area (Å²) in [7, 11) is 0. The van der Waals surface area contributed by atoms with Crippen molar-refractivity contribution in [1.29, 1.82) is 0 Å². The molecule has 4 aliphatic carbocycles. The van der Waals surface area contributed by atoms with E-state index in [1.165, 1.54) is 51.4 Å². The molecule has 0 N–H and O–H groups in total. The summed E-state index contributed by atoms with van der Waals surface area (Å²) in [5.74, 6) is 5.70. The maximum absolute atomic E-state index is 11.5. The lowest BCUT2D eigenvalue weighted by atomic mass is 9.48. The van der Waals surface area contributed by atoms with Crippen molar-refractivity contribution >= 4 is 5.97 Å². The van der Waals surface area contributed by atoms with Crippen LogP contribution >= 0.6 is 0 Å². The van der Waals surface area contributed by atoms with Gasteiger partial charge in [0.15, 0.2) is 0 Å². The van der Waals surface area contributed by atoms with Gasteiger partial charge in [0, 0.05) is 6.92 Å². The average Bonchev–Trinajstić information content (AvgIpc) is 3.08. The molecular formula is C30H50O2. The number of fused-ring (bicyclic) bond motifs is 5. The maximum atomic E-state index is 11.5. The van der Waals surface area contributed by atoms with Gasteiger partial charge in [-0.1, -0.05) is 66.0 Å². The third-order valence-corrected chi connectivity index (χ3v) is 11.3. The van der Waals surface area contributed by atoms with Crippen LogP contribution in [0.5, 0.6) is 0 Å². The van der Waals surface area contributed by atoms with Gasteiger partial charge in [-0.05, 0) is 104 Å². The second-order valence-electron chi connectivity index (χ2n) is 13.2. The van der Waals surface area contributed by atoms with Gasteiger partial charge in [-0.15, -0.1) is 0 Å². The lowest BCUT2D eigenvalue weighted by Gasteiger charge is -2.57. The van der Waals surface area contributed by atoms with Gasteiger partial charge in [-0.3, -0.25) is 4.79 Å². The first-order chi connectivity index (χ1) is 15.1. The van der Waals surface area contributed by atoms with Crippen LogP contribution < -0.4 is 0 Å². The first kappa shape index (κ1) is 24.3. The van der Waals surface area contributed by atoms with E-state index in [9.17, 15) is 4.79 Å².